The van der Waals surface area contributed by atoms with Gasteiger partial charge < -0.3 is 9.84 Å². The van der Waals surface area contributed by atoms with E-state index in [0.29, 0.717) is 28.7 Å². The standard InChI is InChI=1S/C18H16ClN3O2/c1-11-17(12(2)24-22-11)15-8-5-9-16(21-15)18(23)20-10-13-6-3-4-7-14(13)19/h3-9H,10H2,1-2H3,(H,20,23). The SMILES string of the molecule is Cc1noc(C)c1-c1cccc(C(=O)NCc2ccccc2Cl)n1. The first-order valence-corrected chi connectivity index (χ1v) is 7.86. The van der Waals surface area contributed by atoms with Gasteiger partial charge in [0.05, 0.1) is 17.0 Å². The van der Waals surface area contributed by atoms with Crippen molar-refractivity contribution in [2.24, 2.45) is 0 Å². The molecule has 0 aliphatic rings. The molecule has 0 saturated carbocycles. The number of benzene rings is 1. The highest BCUT2D eigenvalue weighted by atomic mass is 35.5. The molecule has 2 aromatic heterocycles. The van der Waals surface area contributed by atoms with Crippen LogP contribution in [0.3, 0.4) is 0 Å². The number of halogens is 1. The van der Waals surface area contributed by atoms with Crippen LogP contribution in [0.5, 0.6) is 0 Å². The molecule has 0 aliphatic carbocycles. The van der Waals surface area contributed by atoms with E-state index in [9.17, 15) is 4.79 Å². The average Bonchev–Trinajstić information content (AvgIpc) is 2.92. The summed E-state index contributed by atoms with van der Waals surface area (Å²) >= 11 is 6.10. The Hall–Kier alpha value is -2.66. The van der Waals surface area contributed by atoms with Crippen molar-refractivity contribution in [3.8, 4) is 11.3 Å². The van der Waals surface area contributed by atoms with Gasteiger partial charge in [0.25, 0.3) is 5.91 Å². The van der Waals surface area contributed by atoms with Crippen LogP contribution in [-0.2, 0) is 6.54 Å². The lowest BCUT2D eigenvalue weighted by Crippen LogP contribution is -2.24. The minimum atomic E-state index is -0.261. The van der Waals surface area contributed by atoms with Gasteiger partial charge in [-0.1, -0.05) is 41.0 Å². The zero-order valence-corrected chi connectivity index (χ0v) is 14.1. The molecular weight excluding hydrogens is 326 g/mol. The second kappa shape index (κ2) is 6.84. The lowest BCUT2D eigenvalue weighted by Gasteiger charge is -2.07. The largest absolute Gasteiger partial charge is 0.361 e. The third kappa shape index (κ3) is 3.31. The lowest BCUT2D eigenvalue weighted by atomic mass is 10.1. The Kier molecular flexibility index (Phi) is 4.62. The quantitative estimate of drug-likeness (QED) is 0.780. The van der Waals surface area contributed by atoms with Crippen LogP contribution in [0.25, 0.3) is 11.3 Å². The first kappa shape index (κ1) is 16.2. The van der Waals surface area contributed by atoms with E-state index in [1.807, 2.05) is 38.1 Å². The van der Waals surface area contributed by atoms with Crippen molar-refractivity contribution in [3.05, 3.63) is 70.2 Å². The molecule has 2 heterocycles. The van der Waals surface area contributed by atoms with Gasteiger partial charge >= 0.3 is 0 Å². The number of rotatable bonds is 4. The fourth-order valence-corrected chi connectivity index (χ4v) is 2.66. The van der Waals surface area contributed by atoms with Crippen molar-refractivity contribution < 1.29 is 9.32 Å². The highest BCUT2D eigenvalue weighted by molar-refractivity contribution is 6.31. The summed E-state index contributed by atoms with van der Waals surface area (Å²) in [7, 11) is 0. The fourth-order valence-electron chi connectivity index (χ4n) is 2.46. The number of nitrogens with one attached hydrogen (secondary N) is 1. The molecule has 3 rings (SSSR count). The maximum absolute atomic E-state index is 12.4. The van der Waals surface area contributed by atoms with E-state index < -0.39 is 0 Å². The zero-order chi connectivity index (χ0) is 17.1. The Bertz CT molecular complexity index is 870. The van der Waals surface area contributed by atoms with Crippen molar-refractivity contribution in [2.75, 3.05) is 0 Å². The summed E-state index contributed by atoms with van der Waals surface area (Å²) in [5.74, 6) is 0.414. The Labute approximate surface area is 144 Å². The molecule has 1 N–H and O–H groups in total. The molecule has 6 heteroatoms. The van der Waals surface area contributed by atoms with E-state index >= 15 is 0 Å². The van der Waals surface area contributed by atoms with Crippen LogP contribution >= 0.6 is 11.6 Å². The van der Waals surface area contributed by atoms with Crippen LogP contribution in [0, 0.1) is 13.8 Å². The Morgan fingerprint density at radius 1 is 1.17 bits per heavy atom. The summed E-state index contributed by atoms with van der Waals surface area (Å²) < 4.78 is 5.16. The van der Waals surface area contributed by atoms with Crippen LogP contribution in [0.1, 0.15) is 27.5 Å². The molecule has 0 atom stereocenters. The molecule has 3 aromatic rings. The van der Waals surface area contributed by atoms with Gasteiger partial charge in [-0.05, 0) is 37.6 Å². The molecule has 24 heavy (non-hydrogen) atoms. The maximum Gasteiger partial charge on any atom is 0.270 e. The summed E-state index contributed by atoms with van der Waals surface area (Å²) in [6.07, 6.45) is 0. The molecule has 122 valence electrons. The fraction of sp³-hybridized carbons (Fsp3) is 0.167. The first-order valence-electron chi connectivity index (χ1n) is 7.48. The van der Waals surface area contributed by atoms with Crippen LogP contribution in [0.15, 0.2) is 47.0 Å². The van der Waals surface area contributed by atoms with E-state index in [1.165, 1.54) is 0 Å². The molecule has 0 bridgehead atoms. The summed E-state index contributed by atoms with van der Waals surface area (Å²) in [5.41, 5.74) is 3.41. The molecule has 0 radical (unpaired) electrons. The predicted octanol–water partition coefficient (Wildman–Crippen LogP) is 3.94. The topological polar surface area (TPSA) is 68.0 Å². The normalized spacial score (nSPS) is 10.6. The van der Waals surface area contributed by atoms with Crippen LogP contribution in [-0.4, -0.2) is 16.0 Å². The molecular formula is C18H16ClN3O2. The number of carbonyl (C=O) groups excluding carboxylic acids is 1. The molecule has 1 amide bonds. The van der Waals surface area contributed by atoms with Gasteiger partial charge in [-0.2, -0.15) is 0 Å². The summed E-state index contributed by atoms with van der Waals surface area (Å²) in [6.45, 7) is 4.01. The molecule has 0 saturated heterocycles. The number of hydrogen-bond acceptors (Lipinski definition) is 4. The third-order valence-corrected chi connectivity index (χ3v) is 4.04. The molecule has 0 unspecified atom stereocenters. The van der Waals surface area contributed by atoms with Gasteiger partial charge in [-0.15, -0.1) is 0 Å². The number of hydrogen-bond donors (Lipinski definition) is 1. The van der Waals surface area contributed by atoms with Crippen molar-refractivity contribution >= 4 is 17.5 Å². The predicted molar refractivity (Wildman–Crippen MR) is 91.8 cm³/mol. The number of aryl methyl sites for hydroxylation is 2. The number of amides is 1. The number of carbonyl (C=O) groups is 1. The summed E-state index contributed by atoms with van der Waals surface area (Å²) in [6, 6.07) is 12.7. The summed E-state index contributed by atoms with van der Waals surface area (Å²) in [5, 5.41) is 7.38. The lowest BCUT2D eigenvalue weighted by molar-refractivity contribution is 0.0946. The van der Waals surface area contributed by atoms with E-state index in [-0.39, 0.29) is 5.91 Å². The Balaban J connectivity index is 1.79. The van der Waals surface area contributed by atoms with E-state index in [0.717, 1.165) is 16.8 Å². The molecule has 0 spiro atoms. The smallest absolute Gasteiger partial charge is 0.270 e. The zero-order valence-electron chi connectivity index (χ0n) is 13.3. The molecule has 0 aliphatic heterocycles. The van der Waals surface area contributed by atoms with Gasteiger partial charge in [0.1, 0.15) is 11.5 Å². The van der Waals surface area contributed by atoms with Crippen molar-refractivity contribution in [1.29, 1.82) is 0 Å². The highest BCUT2D eigenvalue weighted by Gasteiger charge is 2.15. The summed E-state index contributed by atoms with van der Waals surface area (Å²) in [4.78, 5) is 16.8. The highest BCUT2D eigenvalue weighted by Crippen LogP contribution is 2.25. The number of nitrogens with zero attached hydrogens (tertiary/aromatic N) is 2. The second-order valence-corrected chi connectivity index (χ2v) is 5.79. The maximum atomic E-state index is 12.4. The minimum Gasteiger partial charge on any atom is -0.361 e. The van der Waals surface area contributed by atoms with E-state index in [1.54, 1.807) is 18.2 Å². The van der Waals surface area contributed by atoms with Gasteiger partial charge in [-0.3, -0.25) is 4.79 Å². The van der Waals surface area contributed by atoms with E-state index in [4.69, 9.17) is 16.1 Å². The van der Waals surface area contributed by atoms with Crippen LogP contribution in [0.2, 0.25) is 5.02 Å². The minimum absolute atomic E-state index is 0.261. The second-order valence-electron chi connectivity index (χ2n) is 5.38. The van der Waals surface area contributed by atoms with Gasteiger partial charge in [0, 0.05) is 11.6 Å². The van der Waals surface area contributed by atoms with Crippen molar-refractivity contribution in [3.63, 3.8) is 0 Å². The van der Waals surface area contributed by atoms with Crippen molar-refractivity contribution in [2.45, 2.75) is 20.4 Å². The monoisotopic (exact) mass is 341 g/mol. The molecule has 1 aromatic carbocycles. The Morgan fingerprint density at radius 2 is 1.96 bits per heavy atom. The third-order valence-electron chi connectivity index (χ3n) is 3.67. The van der Waals surface area contributed by atoms with Gasteiger partial charge in [-0.25, -0.2) is 4.98 Å². The Morgan fingerprint density at radius 3 is 2.67 bits per heavy atom. The van der Waals surface area contributed by atoms with Crippen LogP contribution < -0.4 is 5.32 Å². The molecule has 5 nitrogen and oxygen atoms in total. The van der Waals surface area contributed by atoms with Crippen LogP contribution in [0.4, 0.5) is 0 Å². The van der Waals surface area contributed by atoms with E-state index in [2.05, 4.69) is 15.5 Å². The molecule has 0 fully saturated rings. The average molecular weight is 342 g/mol. The van der Waals surface area contributed by atoms with Crippen molar-refractivity contribution in [1.82, 2.24) is 15.5 Å². The van der Waals surface area contributed by atoms with Gasteiger partial charge in [0.2, 0.25) is 0 Å². The number of aromatic nitrogens is 2. The number of pyridine rings is 1. The first-order chi connectivity index (χ1) is 11.6. The van der Waals surface area contributed by atoms with Gasteiger partial charge in [0.15, 0.2) is 0 Å².